The van der Waals surface area contributed by atoms with Crippen molar-refractivity contribution in [2.24, 2.45) is 5.92 Å². The van der Waals surface area contributed by atoms with Crippen LogP contribution in [0.25, 0.3) is 10.3 Å². The Hall–Kier alpha value is -3.41. The fraction of sp³-hybridized carbons (Fsp3) is 0.350. The highest BCUT2D eigenvalue weighted by Crippen LogP contribution is 2.29. The van der Waals surface area contributed by atoms with Gasteiger partial charge in [0.15, 0.2) is 10.8 Å². The van der Waals surface area contributed by atoms with E-state index >= 15 is 0 Å². The van der Waals surface area contributed by atoms with Crippen LogP contribution >= 0.6 is 11.3 Å². The zero-order valence-electron chi connectivity index (χ0n) is 17.1. The molecule has 2 amide bonds. The molecular weight excluding hydrogens is 442 g/mol. The van der Waals surface area contributed by atoms with Crippen LogP contribution in [0, 0.1) is 17.6 Å². The van der Waals surface area contributed by atoms with Gasteiger partial charge in [-0.2, -0.15) is 4.98 Å². The first-order valence-electron chi connectivity index (χ1n) is 9.92. The van der Waals surface area contributed by atoms with E-state index in [-0.39, 0.29) is 29.7 Å². The average Bonchev–Trinajstić information content (AvgIpc) is 3.20. The molecule has 0 radical (unpaired) electrons. The van der Waals surface area contributed by atoms with Crippen LogP contribution in [0.4, 0.5) is 19.6 Å². The fourth-order valence-corrected chi connectivity index (χ4v) is 4.62. The maximum atomic E-state index is 13.3. The number of benzene rings is 1. The first-order valence-corrected chi connectivity index (χ1v) is 10.7. The third-order valence-corrected chi connectivity index (χ3v) is 6.31. The summed E-state index contributed by atoms with van der Waals surface area (Å²) in [5, 5.41) is 5.67. The molecule has 4 rings (SSSR count). The van der Waals surface area contributed by atoms with Crippen LogP contribution in [-0.2, 0) is 16.1 Å². The Morgan fingerprint density at radius 3 is 2.53 bits per heavy atom. The molecule has 3 heterocycles. The number of halogens is 2. The number of thiazole rings is 1. The summed E-state index contributed by atoms with van der Waals surface area (Å²) in [5.74, 6) is -2.28. The molecule has 0 spiro atoms. The predicted molar refractivity (Wildman–Crippen MR) is 116 cm³/mol. The molecule has 3 aromatic rings. The summed E-state index contributed by atoms with van der Waals surface area (Å²) in [6, 6.07) is 2.66. The second-order valence-electron chi connectivity index (χ2n) is 7.41. The van der Waals surface area contributed by atoms with Gasteiger partial charge < -0.3 is 15.5 Å². The van der Waals surface area contributed by atoms with Crippen LogP contribution in [0.1, 0.15) is 12.8 Å². The van der Waals surface area contributed by atoms with Crippen molar-refractivity contribution in [2.45, 2.75) is 19.4 Å². The molecule has 1 aliphatic rings. The van der Waals surface area contributed by atoms with Crippen LogP contribution < -0.4 is 21.1 Å². The number of rotatable bonds is 5. The van der Waals surface area contributed by atoms with Crippen molar-refractivity contribution in [3.63, 3.8) is 0 Å². The van der Waals surface area contributed by atoms with E-state index in [0.717, 1.165) is 16.7 Å². The van der Waals surface area contributed by atoms with Crippen LogP contribution in [0.15, 0.2) is 29.3 Å². The molecule has 1 aliphatic heterocycles. The second-order valence-corrected chi connectivity index (χ2v) is 8.39. The van der Waals surface area contributed by atoms with E-state index in [9.17, 15) is 23.2 Å². The minimum Gasteiger partial charge on any atom is -0.359 e. The lowest BCUT2D eigenvalue weighted by Gasteiger charge is -2.30. The summed E-state index contributed by atoms with van der Waals surface area (Å²) in [5.41, 5.74) is -0.193. The van der Waals surface area contributed by atoms with Crippen molar-refractivity contribution in [2.75, 3.05) is 30.4 Å². The van der Waals surface area contributed by atoms with Crippen LogP contribution in [0.3, 0.4) is 0 Å². The van der Waals surface area contributed by atoms with Gasteiger partial charge in [-0.25, -0.2) is 13.8 Å². The summed E-state index contributed by atoms with van der Waals surface area (Å²) >= 11 is 1.18. The van der Waals surface area contributed by atoms with E-state index in [1.54, 1.807) is 7.05 Å². The summed E-state index contributed by atoms with van der Waals surface area (Å²) in [6.07, 6.45) is 2.60. The van der Waals surface area contributed by atoms with Gasteiger partial charge in [0, 0.05) is 37.8 Å². The number of piperidine rings is 1. The van der Waals surface area contributed by atoms with E-state index in [2.05, 4.69) is 20.6 Å². The predicted octanol–water partition coefficient (Wildman–Crippen LogP) is 1.73. The lowest BCUT2D eigenvalue weighted by atomic mass is 9.96. The van der Waals surface area contributed by atoms with Gasteiger partial charge in [-0.1, -0.05) is 11.3 Å². The average molecular weight is 462 g/mol. The van der Waals surface area contributed by atoms with Crippen molar-refractivity contribution in [3.8, 4) is 0 Å². The Morgan fingerprint density at radius 2 is 1.88 bits per heavy atom. The SMILES string of the molecule is CNC(=O)C1CCN(c2nc3ncn(CC(=O)Nc4cc(F)cc(F)c4)c(=O)c3s2)CC1. The number of carbonyl (C=O) groups is 2. The Bertz CT molecular complexity index is 1220. The third kappa shape index (κ3) is 4.59. The van der Waals surface area contributed by atoms with E-state index in [1.165, 1.54) is 17.7 Å². The number of nitrogens with one attached hydrogen (secondary N) is 2. The van der Waals surface area contributed by atoms with Crippen LogP contribution in [-0.4, -0.2) is 46.5 Å². The smallest absolute Gasteiger partial charge is 0.273 e. The molecule has 0 aliphatic carbocycles. The first kappa shape index (κ1) is 21.8. The monoisotopic (exact) mass is 462 g/mol. The lowest BCUT2D eigenvalue weighted by molar-refractivity contribution is -0.125. The highest BCUT2D eigenvalue weighted by atomic mass is 32.1. The fourth-order valence-electron chi connectivity index (χ4n) is 3.60. The number of fused-ring (bicyclic) bond motifs is 1. The molecular formula is C20H20F2N6O3S. The molecule has 0 unspecified atom stereocenters. The molecule has 0 saturated carbocycles. The maximum Gasteiger partial charge on any atom is 0.273 e. The van der Waals surface area contributed by atoms with Crippen molar-refractivity contribution in [1.82, 2.24) is 19.9 Å². The zero-order valence-corrected chi connectivity index (χ0v) is 17.9. The van der Waals surface area contributed by atoms with Gasteiger partial charge in [0.05, 0.1) is 0 Å². The molecule has 12 heteroatoms. The second kappa shape index (κ2) is 8.99. The number of hydrogen-bond donors (Lipinski definition) is 2. The molecule has 0 atom stereocenters. The molecule has 0 bridgehead atoms. The topological polar surface area (TPSA) is 109 Å². The molecule has 2 aromatic heterocycles. The molecule has 32 heavy (non-hydrogen) atoms. The zero-order chi connectivity index (χ0) is 22.8. The van der Waals surface area contributed by atoms with Gasteiger partial charge in [-0.05, 0) is 25.0 Å². The summed E-state index contributed by atoms with van der Waals surface area (Å²) < 4.78 is 28.0. The van der Waals surface area contributed by atoms with Gasteiger partial charge in [0.2, 0.25) is 11.8 Å². The molecule has 2 N–H and O–H groups in total. The number of nitrogens with zero attached hydrogens (tertiary/aromatic N) is 4. The largest absolute Gasteiger partial charge is 0.359 e. The molecule has 168 valence electrons. The van der Waals surface area contributed by atoms with Crippen molar-refractivity contribution in [1.29, 1.82) is 0 Å². The van der Waals surface area contributed by atoms with Gasteiger partial charge >= 0.3 is 0 Å². The van der Waals surface area contributed by atoms with Crippen LogP contribution in [0.2, 0.25) is 0 Å². The van der Waals surface area contributed by atoms with E-state index < -0.39 is 23.1 Å². The Balaban J connectivity index is 1.48. The van der Waals surface area contributed by atoms with Gasteiger partial charge in [0.1, 0.15) is 29.2 Å². The number of aromatic nitrogens is 3. The lowest BCUT2D eigenvalue weighted by Crippen LogP contribution is -2.39. The molecule has 9 nitrogen and oxygen atoms in total. The van der Waals surface area contributed by atoms with E-state index in [4.69, 9.17) is 0 Å². The van der Waals surface area contributed by atoms with E-state index in [1.807, 2.05) is 4.90 Å². The number of hydrogen-bond acceptors (Lipinski definition) is 7. The minimum atomic E-state index is -0.822. The Kier molecular flexibility index (Phi) is 6.12. The molecule has 1 fully saturated rings. The van der Waals surface area contributed by atoms with Crippen LogP contribution in [0.5, 0.6) is 0 Å². The standard InChI is InChI=1S/C20H20F2N6O3S/c1-23-18(30)11-2-4-27(5-3-11)20-26-17-16(32-20)19(31)28(10-24-17)9-15(29)25-14-7-12(21)6-13(22)8-14/h6-8,10-11H,2-5,9H2,1H3,(H,23,30)(H,25,29). The van der Waals surface area contributed by atoms with Crippen molar-refractivity contribution in [3.05, 3.63) is 46.5 Å². The summed E-state index contributed by atoms with van der Waals surface area (Å²) in [7, 11) is 1.62. The Labute approximate surface area is 185 Å². The molecule has 1 aromatic carbocycles. The first-order chi connectivity index (χ1) is 15.3. The summed E-state index contributed by atoms with van der Waals surface area (Å²) in [4.78, 5) is 47.5. The van der Waals surface area contributed by atoms with Gasteiger partial charge in [-0.3, -0.25) is 19.0 Å². The van der Waals surface area contributed by atoms with Gasteiger partial charge in [0.25, 0.3) is 5.56 Å². The van der Waals surface area contributed by atoms with Crippen molar-refractivity contribution >= 4 is 44.3 Å². The molecule has 1 saturated heterocycles. The van der Waals surface area contributed by atoms with Crippen molar-refractivity contribution < 1.29 is 18.4 Å². The number of amides is 2. The quantitative estimate of drug-likeness (QED) is 0.598. The highest BCUT2D eigenvalue weighted by molar-refractivity contribution is 7.22. The van der Waals surface area contributed by atoms with Gasteiger partial charge in [-0.15, -0.1) is 0 Å². The highest BCUT2D eigenvalue weighted by Gasteiger charge is 2.26. The third-order valence-electron chi connectivity index (χ3n) is 5.22. The van der Waals surface area contributed by atoms with E-state index in [0.29, 0.717) is 41.8 Å². The summed E-state index contributed by atoms with van der Waals surface area (Å²) in [6.45, 7) is 0.905. The normalized spacial score (nSPS) is 14.5. The minimum absolute atomic E-state index is 0.0257. The number of carbonyl (C=O) groups excluding carboxylic acids is 2. The Morgan fingerprint density at radius 1 is 1.19 bits per heavy atom. The maximum absolute atomic E-state index is 13.3. The number of anilines is 2.